The Balaban J connectivity index is 2.11. The van der Waals surface area contributed by atoms with Crippen LogP contribution in [0.15, 0.2) is 36.4 Å². The van der Waals surface area contributed by atoms with E-state index in [4.69, 9.17) is 23.2 Å². The van der Waals surface area contributed by atoms with Crippen molar-refractivity contribution in [2.45, 2.75) is 18.4 Å². The van der Waals surface area contributed by atoms with Crippen LogP contribution in [-0.4, -0.2) is 29.2 Å². The fourth-order valence-corrected chi connectivity index (χ4v) is 3.60. The minimum Gasteiger partial charge on any atom is -0.508 e. The summed E-state index contributed by atoms with van der Waals surface area (Å²) < 4.78 is 0. The summed E-state index contributed by atoms with van der Waals surface area (Å²) in [6.45, 7) is 0. The first-order chi connectivity index (χ1) is 11.4. The lowest BCUT2D eigenvalue weighted by Gasteiger charge is -2.29. The van der Waals surface area contributed by atoms with Crippen LogP contribution >= 0.6 is 23.2 Å². The molecule has 6 heteroatoms. The highest BCUT2D eigenvalue weighted by Gasteiger charge is 2.39. The Morgan fingerprint density at radius 3 is 2.62 bits per heavy atom. The van der Waals surface area contributed by atoms with E-state index in [1.807, 2.05) is 6.07 Å². The van der Waals surface area contributed by atoms with Gasteiger partial charge in [0.25, 0.3) is 5.91 Å². The van der Waals surface area contributed by atoms with Crippen LogP contribution in [0.2, 0.25) is 10.0 Å². The molecule has 4 nitrogen and oxygen atoms in total. The summed E-state index contributed by atoms with van der Waals surface area (Å²) in [7, 11) is 1.69. The van der Waals surface area contributed by atoms with E-state index in [1.165, 1.54) is 6.07 Å². The Morgan fingerprint density at radius 1 is 1.21 bits per heavy atom. The average Bonchev–Trinajstić information content (AvgIpc) is 2.79. The van der Waals surface area contributed by atoms with E-state index in [9.17, 15) is 14.7 Å². The molecule has 0 radical (unpaired) electrons. The molecule has 1 amide bonds. The predicted molar refractivity (Wildman–Crippen MR) is 92.8 cm³/mol. The minimum absolute atomic E-state index is 0.0395. The zero-order valence-electron chi connectivity index (χ0n) is 12.9. The number of aromatic hydroxyl groups is 1. The van der Waals surface area contributed by atoms with E-state index in [-0.39, 0.29) is 30.0 Å². The molecule has 2 aromatic rings. The fraction of sp³-hybridized carbons (Fsp3) is 0.222. The second-order valence-corrected chi connectivity index (χ2v) is 6.63. The summed E-state index contributed by atoms with van der Waals surface area (Å²) in [6, 6.07) is 9.66. The van der Waals surface area contributed by atoms with Crippen molar-refractivity contribution in [1.29, 1.82) is 0 Å². The molecule has 1 heterocycles. The van der Waals surface area contributed by atoms with Crippen LogP contribution in [0, 0.1) is 0 Å². The molecular formula is C18H15Cl2NO3. The Morgan fingerprint density at radius 2 is 1.96 bits per heavy atom. The molecule has 2 aromatic carbocycles. The highest BCUT2D eigenvalue weighted by atomic mass is 35.5. The molecule has 0 spiro atoms. The summed E-state index contributed by atoms with van der Waals surface area (Å²) in [5.41, 5.74) is 2.08. The Kier molecular flexibility index (Phi) is 4.52. The highest BCUT2D eigenvalue weighted by Crippen LogP contribution is 2.45. The van der Waals surface area contributed by atoms with Crippen LogP contribution < -0.4 is 0 Å². The van der Waals surface area contributed by atoms with Crippen molar-refractivity contribution in [3.8, 4) is 5.75 Å². The molecule has 0 aromatic heterocycles. The molecule has 0 saturated carbocycles. The zero-order valence-corrected chi connectivity index (χ0v) is 14.4. The number of phenols is 1. The number of fused-ring (bicyclic) bond motifs is 1. The number of phenolic OH excluding ortho intramolecular Hbond substituents is 1. The maximum absolute atomic E-state index is 12.5. The van der Waals surface area contributed by atoms with E-state index in [0.29, 0.717) is 15.6 Å². The number of aldehydes is 1. The molecule has 3 rings (SSSR count). The fourth-order valence-electron chi connectivity index (χ4n) is 3.29. The van der Waals surface area contributed by atoms with Gasteiger partial charge < -0.3 is 14.8 Å². The van der Waals surface area contributed by atoms with Gasteiger partial charge in [-0.05, 0) is 35.4 Å². The van der Waals surface area contributed by atoms with Gasteiger partial charge >= 0.3 is 0 Å². The lowest BCUT2D eigenvalue weighted by molar-refractivity contribution is -0.108. The molecule has 0 aliphatic carbocycles. The lowest BCUT2D eigenvalue weighted by Crippen LogP contribution is -2.28. The number of halogens is 2. The van der Waals surface area contributed by atoms with Gasteiger partial charge in [0, 0.05) is 24.9 Å². The van der Waals surface area contributed by atoms with Crippen LogP contribution in [0.1, 0.15) is 39.9 Å². The van der Waals surface area contributed by atoms with Gasteiger partial charge in [-0.1, -0.05) is 35.3 Å². The first-order valence-electron chi connectivity index (χ1n) is 7.42. The summed E-state index contributed by atoms with van der Waals surface area (Å²) in [6.07, 6.45) is 1.07. The quantitative estimate of drug-likeness (QED) is 0.828. The topological polar surface area (TPSA) is 57.6 Å². The molecule has 0 fully saturated rings. The van der Waals surface area contributed by atoms with Gasteiger partial charge in [-0.3, -0.25) is 4.79 Å². The molecule has 124 valence electrons. The number of benzene rings is 2. The first kappa shape index (κ1) is 16.8. The van der Waals surface area contributed by atoms with E-state index in [1.54, 1.807) is 36.2 Å². The van der Waals surface area contributed by atoms with E-state index >= 15 is 0 Å². The lowest BCUT2D eigenvalue weighted by atomic mass is 9.85. The van der Waals surface area contributed by atoms with E-state index in [2.05, 4.69) is 0 Å². The number of hydrogen-bond donors (Lipinski definition) is 1. The van der Waals surface area contributed by atoms with Gasteiger partial charge in [-0.2, -0.15) is 0 Å². The van der Waals surface area contributed by atoms with Gasteiger partial charge in [0.2, 0.25) is 0 Å². The Bertz CT molecular complexity index is 822. The van der Waals surface area contributed by atoms with Crippen LogP contribution in [-0.2, 0) is 4.79 Å². The monoisotopic (exact) mass is 363 g/mol. The van der Waals surface area contributed by atoms with Gasteiger partial charge in [-0.25, -0.2) is 0 Å². The summed E-state index contributed by atoms with van der Waals surface area (Å²) >= 11 is 12.1. The maximum Gasteiger partial charge on any atom is 0.254 e. The molecule has 2 unspecified atom stereocenters. The van der Waals surface area contributed by atoms with Crippen LogP contribution in [0.4, 0.5) is 0 Å². The first-order valence-corrected chi connectivity index (χ1v) is 8.18. The molecule has 1 aliphatic heterocycles. The SMILES string of the molecule is CN1C(=O)c2cc(O)ccc2C1C(CC=O)c1ccc(Cl)c(Cl)c1. The standard InChI is InChI=1S/C18H15Cl2NO3/c1-21-17(13-4-3-11(23)9-14(13)18(21)24)12(6-7-22)10-2-5-15(19)16(20)8-10/h2-5,7-9,12,17,23H,6H2,1H3. The smallest absolute Gasteiger partial charge is 0.254 e. The Labute approximate surface area is 149 Å². The number of nitrogens with zero attached hydrogens (tertiary/aromatic N) is 1. The molecule has 24 heavy (non-hydrogen) atoms. The number of rotatable bonds is 4. The molecule has 0 bridgehead atoms. The number of hydrogen-bond acceptors (Lipinski definition) is 3. The predicted octanol–water partition coefficient (Wildman–Crippen LogP) is 4.20. The second-order valence-electron chi connectivity index (χ2n) is 5.81. The normalized spacial score (nSPS) is 17.7. The van der Waals surface area contributed by atoms with Gasteiger partial charge in [-0.15, -0.1) is 0 Å². The summed E-state index contributed by atoms with van der Waals surface area (Å²) in [5.74, 6) is -0.392. The van der Waals surface area contributed by atoms with E-state index in [0.717, 1.165) is 17.4 Å². The molecular weight excluding hydrogens is 349 g/mol. The van der Waals surface area contributed by atoms with Crippen molar-refractivity contribution >= 4 is 35.4 Å². The van der Waals surface area contributed by atoms with Gasteiger partial charge in [0.05, 0.1) is 16.1 Å². The molecule has 1 N–H and O–H groups in total. The van der Waals surface area contributed by atoms with Crippen molar-refractivity contribution < 1.29 is 14.7 Å². The third-order valence-corrected chi connectivity index (χ3v) is 5.17. The van der Waals surface area contributed by atoms with Gasteiger partial charge in [0.15, 0.2) is 0 Å². The molecule has 1 aliphatic rings. The number of likely N-dealkylation sites (N-methyl/N-ethyl adjacent to an activating group) is 1. The van der Waals surface area contributed by atoms with Crippen molar-refractivity contribution in [2.24, 2.45) is 0 Å². The number of amides is 1. The average molecular weight is 364 g/mol. The maximum atomic E-state index is 12.5. The molecule has 0 saturated heterocycles. The third-order valence-electron chi connectivity index (χ3n) is 4.43. The largest absolute Gasteiger partial charge is 0.508 e. The van der Waals surface area contributed by atoms with Crippen molar-refractivity contribution in [3.05, 3.63) is 63.1 Å². The van der Waals surface area contributed by atoms with Crippen LogP contribution in [0.3, 0.4) is 0 Å². The summed E-state index contributed by atoms with van der Waals surface area (Å²) in [4.78, 5) is 25.3. The Hall–Kier alpha value is -2.04. The van der Waals surface area contributed by atoms with Crippen molar-refractivity contribution in [1.82, 2.24) is 4.90 Å². The summed E-state index contributed by atoms with van der Waals surface area (Å²) in [5, 5.41) is 10.5. The van der Waals surface area contributed by atoms with Crippen molar-refractivity contribution in [2.75, 3.05) is 7.05 Å². The third kappa shape index (κ3) is 2.76. The minimum atomic E-state index is -0.310. The zero-order chi connectivity index (χ0) is 17.4. The molecule has 2 atom stereocenters. The van der Waals surface area contributed by atoms with Crippen LogP contribution in [0.5, 0.6) is 5.75 Å². The second kappa shape index (κ2) is 6.46. The van der Waals surface area contributed by atoms with E-state index < -0.39 is 0 Å². The number of carbonyl (C=O) groups is 2. The number of carbonyl (C=O) groups excluding carboxylic acids is 2. The van der Waals surface area contributed by atoms with Crippen molar-refractivity contribution in [3.63, 3.8) is 0 Å². The van der Waals surface area contributed by atoms with Crippen LogP contribution in [0.25, 0.3) is 0 Å². The highest BCUT2D eigenvalue weighted by molar-refractivity contribution is 6.42. The van der Waals surface area contributed by atoms with Gasteiger partial charge in [0.1, 0.15) is 12.0 Å².